The highest BCUT2D eigenvalue weighted by atomic mass is 16.3. The summed E-state index contributed by atoms with van der Waals surface area (Å²) in [6.45, 7) is 6.55. The molecule has 0 saturated heterocycles. The molecule has 1 heterocycles. The molecule has 1 aliphatic rings. The molecule has 3 rings (SSSR count). The molecule has 1 aliphatic carbocycles. The number of rotatable bonds is 0. The molecule has 1 heteroatoms. The van der Waals surface area contributed by atoms with Crippen LogP contribution in [-0.4, -0.2) is 0 Å². The standard InChI is InChI=1S/C15H16O/c1-9-4-5-12-10(2)7-14-15(13(12)6-9)11(3)8-16-14/h4-6,8,10H,7H2,1-3H3/t10-/m1/s1. The van der Waals surface area contributed by atoms with Crippen LogP contribution >= 0.6 is 0 Å². The van der Waals surface area contributed by atoms with Gasteiger partial charge in [-0.2, -0.15) is 0 Å². The number of aryl methyl sites for hydroxylation is 2. The summed E-state index contributed by atoms with van der Waals surface area (Å²) in [5, 5.41) is 0. The summed E-state index contributed by atoms with van der Waals surface area (Å²) < 4.78 is 5.65. The molecule has 0 saturated carbocycles. The van der Waals surface area contributed by atoms with Crippen molar-refractivity contribution in [3.63, 3.8) is 0 Å². The Kier molecular flexibility index (Phi) is 1.97. The molecular weight excluding hydrogens is 196 g/mol. The first-order chi connectivity index (χ1) is 7.66. The van der Waals surface area contributed by atoms with E-state index >= 15 is 0 Å². The molecule has 1 atom stereocenters. The quantitative estimate of drug-likeness (QED) is 0.637. The molecule has 0 spiro atoms. The third kappa shape index (κ3) is 1.24. The van der Waals surface area contributed by atoms with Crippen molar-refractivity contribution in [2.24, 2.45) is 0 Å². The molecule has 1 aromatic heterocycles. The van der Waals surface area contributed by atoms with Gasteiger partial charge in [0.05, 0.1) is 6.26 Å². The summed E-state index contributed by atoms with van der Waals surface area (Å²) in [5.41, 5.74) is 6.74. The van der Waals surface area contributed by atoms with Crippen LogP contribution in [0.25, 0.3) is 11.1 Å². The lowest BCUT2D eigenvalue weighted by Crippen LogP contribution is -2.07. The summed E-state index contributed by atoms with van der Waals surface area (Å²) in [6.07, 6.45) is 2.91. The van der Waals surface area contributed by atoms with Gasteiger partial charge in [0.15, 0.2) is 0 Å². The van der Waals surface area contributed by atoms with E-state index in [2.05, 4.69) is 39.0 Å². The van der Waals surface area contributed by atoms with Crippen LogP contribution in [0, 0.1) is 13.8 Å². The predicted molar refractivity (Wildman–Crippen MR) is 65.7 cm³/mol. The Labute approximate surface area is 96.1 Å². The van der Waals surface area contributed by atoms with Gasteiger partial charge in [0.25, 0.3) is 0 Å². The second-order valence-electron chi connectivity index (χ2n) is 4.91. The molecule has 0 N–H and O–H groups in total. The van der Waals surface area contributed by atoms with Gasteiger partial charge in [0, 0.05) is 12.0 Å². The highest BCUT2D eigenvalue weighted by Crippen LogP contribution is 2.42. The molecule has 0 radical (unpaired) electrons. The zero-order chi connectivity index (χ0) is 11.3. The van der Waals surface area contributed by atoms with E-state index in [1.807, 2.05) is 6.26 Å². The lowest BCUT2D eigenvalue weighted by atomic mass is 9.81. The number of furan rings is 1. The molecule has 82 valence electrons. The fourth-order valence-corrected chi connectivity index (χ4v) is 2.71. The van der Waals surface area contributed by atoms with E-state index < -0.39 is 0 Å². The van der Waals surface area contributed by atoms with E-state index in [4.69, 9.17) is 4.42 Å². The Morgan fingerprint density at radius 1 is 1.25 bits per heavy atom. The van der Waals surface area contributed by atoms with Crippen LogP contribution in [0.3, 0.4) is 0 Å². The molecule has 2 aromatic rings. The number of hydrogen-bond acceptors (Lipinski definition) is 1. The van der Waals surface area contributed by atoms with E-state index in [0.29, 0.717) is 5.92 Å². The van der Waals surface area contributed by atoms with E-state index in [1.165, 1.54) is 27.8 Å². The Morgan fingerprint density at radius 2 is 2.06 bits per heavy atom. The van der Waals surface area contributed by atoms with Gasteiger partial charge in [0.1, 0.15) is 5.76 Å². The van der Waals surface area contributed by atoms with Gasteiger partial charge in [-0.25, -0.2) is 0 Å². The molecule has 1 nitrogen and oxygen atoms in total. The van der Waals surface area contributed by atoms with E-state index in [9.17, 15) is 0 Å². The minimum Gasteiger partial charge on any atom is -0.468 e. The van der Waals surface area contributed by atoms with Crippen LogP contribution in [0.5, 0.6) is 0 Å². The van der Waals surface area contributed by atoms with Gasteiger partial charge in [-0.15, -0.1) is 0 Å². The Morgan fingerprint density at radius 3 is 2.88 bits per heavy atom. The minimum absolute atomic E-state index is 0.564. The van der Waals surface area contributed by atoms with Crippen molar-refractivity contribution >= 4 is 0 Å². The van der Waals surface area contributed by atoms with E-state index in [1.54, 1.807) is 0 Å². The Bertz CT molecular complexity index is 549. The second kappa shape index (κ2) is 3.24. The molecule has 16 heavy (non-hydrogen) atoms. The summed E-state index contributed by atoms with van der Waals surface area (Å²) in [6, 6.07) is 6.76. The molecule has 0 amide bonds. The largest absolute Gasteiger partial charge is 0.468 e. The lowest BCUT2D eigenvalue weighted by Gasteiger charge is -2.22. The van der Waals surface area contributed by atoms with Crippen LogP contribution in [-0.2, 0) is 6.42 Å². The smallest absolute Gasteiger partial charge is 0.112 e. The van der Waals surface area contributed by atoms with Gasteiger partial charge in [-0.05, 0) is 36.5 Å². The normalized spacial score (nSPS) is 18.1. The van der Waals surface area contributed by atoms with Crippen LogP contribution in [0.15, 0.2) is 28.9 Å². The Balaban J connectivity index is 2.33. The highest BCUT2D eigenvalue weighted by Gasteiger charge is 2.25. The Hall–Kier alpha value is -1.50. The number of hydrogen-bond donors (Lipinski definition) is 0. The topological polar surface area (TPSA) is 13.1 Å². The minimum atomic E-state index is 0.564. The maximum Gasteiger partial charge on any atom is 0.112 e. The fourth-order valence-electron chi connectivity index (χ4n) is 2.71. The van der Waals surface area contributed by atoms with Crippen LogP contribution in [0.2, 0.25) is 0 Å². The first kappa shape index (κ1) is 9.71. The van der Waals surface area contributed by atoms with Gasteiger partial charge in [-0.1, -0.05) is 30.7 Å². The highest BCUT2D eigenvalue weighted by molar-refractivity contribution is 5.75. The molecule has 0 aliphatic heterocycles. The molecule has 1 aromatic carbocycles. The summed E-state index contributed by atoms with van der Waals surface area (Å²) in [7, 11) is 0. The average Bonchev–Trinajstić information content (AvgIpc) is 2.60. The van der Waals surface area contributed by atoms with E-state index in [-0.39, 0.29) is 0 Å². The van der Waals surface area contributed by atoms with Crippen molar-refractivity contribution in [3.8, 4) is 11.1 Å². The van der Waals surface area contributed by atoms with Crippen molar-refractivity contribution in [2.75, 3.05) is 0 Å². The first-order valence-corrected chi connectivity index (χ1v) is 5.84. The average molecular weight is 212 g/mol. The van der Waals surface area contributed by atoms with Crippen LogP contribution in [0.4, 0.5) is 0 Å². The number of fused-ring (bicyclic) bond motifs is 3. The van der Waals surface area contributed by atoms with Crippen LogP contribution < -0.4 is 0 Å². The van der Waals surface area contributed by atoms with Crippen molar-refractivity contribution in [2.45, 2.75) is 33.1 Å². The van der Waals surface area contributed by atoms with Crippen molar-refractivity contribution in [3.05, 3.63) is 46.9 Å². The summed E-state index contributed by atoms with van der Waals surface area (Å²) in [4.78, 5) is 0. The zero-order valence-electron chi connectivity index (χ0n) is 10.0. The summed E-state index contributed by atoms with van der Waals surface area (Å²) >= 11 is 0. The molecule has 0 bridgehead atoms. The maximum absolute atomic E-state index is 5.65. The van der Waals surface area contributed by atoms with Gasteiger partial charge in [0.2, 0.25) is 0 Å². The first-order valence-electron chi connectivity index (χ1n) is 5.84. The predicted octanol–water partition coefficient (Wildman–Crippen LogP) is 4.22. The fraction of sp³-hybridized carbons (Fsp3) is 0.333. The number of benzene rings is 1. The van der Waals surface area contributed by atoms with E-state index in [0.717, 1.165) is 12.2 Å². The molecule has 0 fully saturated rings. The third-order valence-electron chi connectivity index (χ3n) is 3.55. The van der Waals surface area contributed by atoms with Crippen molar-refractivity contribution in [1.82, 2.24) is 0 Å². The van der Waals surface area contributed by atoms with Gasteiger partial charge < -0.3 is 4.42 Å². The zero-order valence-corrected chi connectivity index (χ0v) is 10.0. The SMILES string of the molecule is Cc1ccc2c(c1)-c1c(C)coc1C[C@H]2C. The maximum atomic E-state index is 5.65. The van der Waals surface area contributed by atoms with Crippen molar-refractivity contribution in [1.29, 1.82) is 0 Å². The second-order valence-corrected chi connectivity index (χ2v) is 4.91. The van der Waals surface area contributed by atoms with Crippen molar-refractivity contribution < 1.29 is 4.42 Å². The molecule has 0 unspecified atom stereocenters. The van der Waals surface area contributed by atoms with Gasteiger partial charge in [-0.3, -0.25) is 0 Å². The van der Waals surface area contributed by atoms with Gasteiger partial charge >= 0.3 is 0 Å². The molecular formula is C15H16O. The monoisotopic (exact) mass is 212 g/mol. The third-order valence-corrected chi connectivity index (χ3v) is 3.55. The lowest BCUT2D eigenvalue weighted by molar-refractivity contribution is 0.490. The van der Waals surface area contributed by atoms with Crippen LogP contribution in [0.1, 0.15) is 35.3 Å². The summed E-state index contributed by atoms with van der Waals surface area (Å²) in [5.74, 6) is 1.72.